The van der Waals surface area contributed by atoms with Crippen molar-refractivity contribution >= 4 is 33.4 Å². The number of hydrogen-bond acceptors (Lipinski definition) is 2. The lowest BCUT2D eigenvalue weighted by molar-refractivity contribution is -0.118. The van der Waals surface area contributed by atoms with Gasteiger partial charge >= 0.3 is 0 Å². The minimum Gasteiger partial charge on any atom is -0.484 e. The molecule has 4 aromatic rings. The minimum atomic E-state index is -0.165. The van der Waals surface area contributed by atoms with Crippen molar-refractivity contribution in [3.8, 4) is 5.75 Å². The van der Waals surface area contributed by atoms with E-state index in [0.717, 1.165) is 33.2 Å². The normalized spacial score (nSPS) is 11.1. The zero-order valence-electron chi connectivity index (χ0n) is 15.7. The average molecular weight is 358 g/mol. The Kier molecular flexibility index (Phi) is 4.32. The molecule has 1 aromatic heterocycles. The van der Waals surface area contributed by atoms with Crippen LogP contribution in [0, 0.1) is 20.8 Å². The maximum atomic E-state index is 12.3. The molecule has 0 aliphatic carbocycles. The first-order valence-electron chi connectivity index (χ1n) is 9.02. The summed E-state index contributed by atoms with van der Waals surface area (Å²) >= 11 is 0. The van der Waals surface area contributed by atoms with Crippen molar-refractivity contribution in [1.29, 1.82) is 0 Å². The van der Waals surface area contributed by atoms with Gasteiger partial charge in [0.05, 0.1) is 5.52 Å². The number of aromatic amines is 1. The molecule has 2 N–H and O–H groups in total. The van der Waals surface area contributed by atoms with Gasteiger partial charge in [-0.25, -0.2) is 0 Å². The van der Waals surface area contributed by atoms with Crippen LogP contribution in [0.1, 0.15) is 16.7 Å². The fourth-order valence-corrected chi connectivity index (χ4v) is 3.63. The Balaban J connectivity index is 1.48. The summed E-state index contributed by atoms with van der Waals surface area (Å²) in [5.74, 6) is 0.503. The van der Waals surface area contributed by atoms with Gasteiger partial charge in [0, 0.05) is 28.0 Å². The number of carbonyl (C=O) groups excluding carboxylic acids is 1. The van der Waals surface area contributed by atoms with Gasteiger partial charge in [-0.3, -0.25) is 4.79 Å². The lowest BCUT2D eigenvalue weighted by atomic mass is 10.1. The van der Waals surface area contributed by atoms with Gasteiger partial charge in [0.1, 0.15) is 5.75 Å². The number of aryl methyl sites for hydroxylation is 3. The number of hydrogen-bond donors (Lipinski definition) is 2. The standard InChI is InChI=1S/C23H22N2O2/c1-14-10-15(2)23(16(3)11-14)25-22(26)13-27-17-8-9-19-18-6-4-5-7-20(18)24-21(19)12-17/h4-12,24H,13H2,1-3H3,(H,25,26). The molecule has 0 unspecified atom stereocenters. The van der Waals surface area contributed by atoms with Crippen LogP contribution in [-0.2, 0) is 4.79 Å². The molecule has 3 aromatic carbocycles. The SMILES string of the molecule is Cc1cc(C)c(NC(=O)COc2ccc3c(c2)[nH]c2ccccc23)c(C)c1. The second-order valence-corrected chi connectivity index (χ2v) is 6.99. The number of rotatable bonds is 4. The summed E-state index contributed by atoms with van der Waals surface area (Å²) in [7, 11) is 0. The number of para-hydroxylation sites is 1. The van der Waals surface area contributed by atoms with Gasteiger partial charge in [-0.05, 0) is 50.1 Å². The topological polar surface area (TPSA) is 54.1 Å². The Bertz CT molecular complexity index is 1130. The third-order valence-electron chi connectivity index (χ3n) is 4.79. The van der Waals surface area contributed by atoms with E-state index in [1.54, 1.807) is 0 Å². The van der Waals surface area contributed by atoms with Crippen LogP contribution in [0.4, 0.5) is 5.69 Å². The molecule has 4 heteroatoms. The molecule has 0 bridgehead atoms. The molecule has 0 atom stereocenters. The van der Waals surface area contributed by atoms with Crippen LogP contribution in [0.25, 0.3) is 21.8 Å². The third kappa shape index (κ3) is 3.38. The van der Waals surface area contributed by atoms with Crippen molar-refractivity contribution in [2.75, 3.05) is 11.9 Å². The van der Waals surface area contributed by atoms with E-state index in [9.17, 15) is 4.79 Å². The summed E-state index contributed by atoms with van der Waals surface area (Å²) in [6, 6.07) is 18.2. The largest absolute Gasteiger partial charge is 0.484 e. The van der Waals surface area contributed by atoms with E-state index in [4.69, 9.17) is 4.74 Å². The summed E-state index contributed by atoms with van der Waals surface area (Å²) in [5, 5.41) is 5.29. The Hall–Kier alpha value is -3.27. The van der Waals surface area contributed by atoms with Crippen LogP contribution in [0.2, 0.25) is 0 Å². The molecule has 0 aliphatic rings. The Morgan fingerprint density at radius 1 is 0.926 bits per heavy atom. The zero-order chi connectivity index (χ0) is 19.0. The van der Waals surface area contributed by atoms with Gasteiger partial charge in [-0.2, -0.15) is 0 Å². The predicted octanol–water partition coefficient (Wildman–Crippen LogP) is 5.26. The quantitative estimate of drug-likeness (QED) is 0.522. The Morgan fingerprint density at radius 2 is 1.63 bits per heavy atom. The molecule has 27 heavy (non-hydrogen) atoms. The highest BCUT2D eigenvalue weighted by Crippen LogP contribution is 2.28. The average Bonchev–Trinajstić information content (AvgIpc) is 3.00. The molecular formula is C23H22N2O2. The van der Waals surface area contributed by atoms with Gasteiger partial charge in [-0.15, -0.1) is 0 Å². The number of H-pyrrole nitrogens is 1. The number of benzene rings is 3. The molecule has 1 amide bonds. The summed E-state index contributed by atoms with van der Waals surface area (Å²) in [4.78, 5) is 15.7. The number of ether oxygens (including phenoxy) is 1. The number of nitrogens with one attached hydrogen (secondary N) is 2. The number of anilines is 1. The molecule has 0 saturated heterocycles. The van der Waals surface area contributed by atoms with Gasteiger partial charge in [0.25, 0.3) is 5.91 Å². The fourth-order valence-electron chi connectivity index (χ4n) is 3.63. The van der Waals surface area contributed by atoms with Gasteiger partial charge in [0.15, 0.2) is 6.61 Å². The van der Waals surface area contributed by atoms with Gasteiger partial charge in [0.2, 0.25) is 0 Å². The first-order valence-corrected chi connectivity index (χ1v) is 9.02. The maximum absolute atomic E-state index is 12.3. The summed E-state index contributed by atoms with van der Waals surface area (Å²) in [5.41, 5.74) is 6.25. The summed E-state index contributed by atoms with van der Waals surface area (Å²) in [6.45, 7) is 6.02. The molecule has 1 heterocycles. The molecule has 0 radical (unpaired) electrons. The van der Waals surface area contributed by atoms with Crippen molar-refractivity contribution < 1.29 is 9.53 Å². The molecule has 0 aliphatic heterocycles. The first-order chi connectivity index (χ1) is 13.0. The number of carbonyl (C=O) groups is 1. The predicted molar refractivity (Wildman–Crippen MR) is 111 cm³/mol. The zero-order valence-corrected chi connectivity index (χ0v) is 15.7. The Morgan fingerprint density at radius 3 is 2.41 bits per heavy atom. The van der Waals surface area contributed by atoms with E-state index in [1.807, 2.05) is 44.2 Å². The number of fused-ring (bicyclic) bond motifs is 3. The van der Waals surface area contributed by atoms with Crippen molar-refractivity contribution in [3.63, 3.8) is 0 Å². The van der Waals surface area contributed by atoms with Crippen LogP contribution in [-0.4, -0.2) is 17.5 Å². The molecule has 136 valence electrons. The third-order valence-corrected chi connectivity index (χ3v) is 4.79. The molecule has 0 fully saturated rings. The lowest BCUT2D eigenvalue weighted by Gasteiger charge is -2.13. The van der Waals surface area contributed by atoms with Crippen LogP contribution in [0.5, 0.6) is 5.75 Å². The Labute approximate surface area is 158 Å². The lowest BCUT2D eigenvalue weighted by Crippen LogP contribution is -2.21. The maximum Gasteiger partial charge on any atom is 0.262 e. The van der Waals surface area contributed by atoms with Crippen LogP contribution in [0.3, 0.4) is 0 Å². The smallest absolute Gasteiger partial charge is 0.262 e. The molecule has 4 nitrogen and oxygen atoms in total. The number of amides is 1. The van der Waals surface area contributed by atoms with Crippen LogP contribution >= 0.6 is 0 Å². The van der Waals surface area contributed by atoms with Crippen LogP contribution < -0.4 is 10.1 Å². The highest BCUT2D eigenvalue weighted by molar-refractivity contribution is 6.07. The van der Waals surface area contributed by atoms with E-state index in [-0.39, 0.29) is 12.5 Å². The minimum absolute atomic E-state index is 0.0293. The van der Waals surface area contributed by atoms with E-state index in [1.165, 1.54) is 10.9 Å². The fraction of sp³-hybridized carbons (Fsp3) is 0.174. The molecule has 0 spiro atoms. The van der Waals surface area contributed by atoms with E-state index >= 15 is 0 Å². The first kappa shape index (κ1) is 17.2. The summed E-state index contributed by atoms with van der Waals surface area (Å²) in [6.07, 6.45) is 0. The van der Waals surface area contributed by atoms with Gasteiger partial charge in [-0.1, -0.05) is 35.9 Å². The molecular weight excluding hydrogens is 336 g/mol. The van der Waals surface area contributed by atoms with Gasteiger partial charge < -0.3 is 15.0 Å². The monoisotopic (exact) mass is 358 g/mol. The second-order valence-electron chi connectivity index (χ2n) is 6.99. The molecule has 4 rings (SSSR count). The van der Waals surface area contributed by atoms with Crippen LogP contribution in [0.15, 0.2) is 54.6 Å². The van der Waals surface area contributed by atoms with Crippen molar-refractivity contribution in [2.45, 2.75) is 20.8 Å². The van der Waals surface area contributed by atoms with E-state index in [0.29, 0.717) is 5.75 Å². The second kappa shape index (κ2) is 6.80. The number of aromatic nitrogens is 1. The summed E-state index contributed by atoms with van der Waals surface area (Å²) < 4.78 is 5.72. The molecule has 0 saturated carbocycles. The van der Waals surface area contributed by atoms with Crippen molar-refractivity contribution in [1.82, 2.24) is 4.98 Å². The van der Waals surface area contributed by atoms with E-state index in [2.05, 4.69) is 41.5 Å². The van der Waals surface area contributed by atoms with Crippen molar-refractivity contribution in [3.05, 3.63) is 71.3 Å². The van der Waals surface area contributed by atoms with Crippen molar-refractivity contribution in [2.24, 2.45) is 0 Å². The highest BCUT2D eigenvalue weighted by atomic mass is 16.5. The highest BCUT2D eigenvalue weighted by Gasteiger charge is 2.10. The van der Waals surface area contributed by atoms with E-state index < -0.39 is 0 Å².